The second-order valence-electron chi connectivity index (χ2n) is 6.58. The van der Waals surface area contributed by atoms with Gasteiger partial charge in [-0.15, -0.1) is 11.3 Å². The Bertz CT molecular complexity index is 1300. The van der Waals surface area contributed by atoms with Crippen molar-refractivity contribution < 1.29 is 4.79 Å². The topological polar surface area (TPSA) is 63.7 Å². The fraction of sp³-hybridized carbons (Fsp3) is 0.0952. The van der Waals surface area contributed by atoms with E-state index in [1.54, 1.807) is 0 Å². The van der Waals surface area contributed by atoms with E-state index in [-0.39, 0.29) is 5.91 Å². The summed E-state index contributed by atoms with van der Waals surface area (Å²) in [4.78, 5) is 22.6. The molecule has 5 rings (SSSR count). The molecule has 1 N–H and O–H groups in total. The molecular weight excluding hydrogens is 406 g/mol. The molecule has 0 saturated heterocycles. The van der Waals surface area contributed by atoms with E-state index >= 15 is 0 Å². The largest absolute Gasteiger partial charge is 0.350 e. The number of amides is 1. The summed E-state index contributed by atoms with van der Waals surface area (Å²) in [5.74, 6) is -0.136. The molecule has 4 heterocycles. The monoisotopic (exact) mass is 421 g/mol. The molecule has 5 aromatic rings. The molecule has 0 fully saturated rings. The Labute approximate surface area is 175 Å². The Morgan fingerprint density at radius 2 is 1.97 bits per heavy atom. The van der Waals surface area contributed by atoms with Crippen LogP contribution in [0.5, 0.6) is 0 Å². The molecule has 0 aliphatic heterocycles. The molecule has 0 bridgehead atoms. The maximum absolute atomic E-state index is 12.7. The highest BCUT2D eigenvalue weighted by atomic mass is 35.5. The van der Waals surface area contributed by atoms with Gasteiger partial charge in [-0.3, -0.25) is 9.20 Å². The highest BCUT2D eigenvalue weighted by Gasteiger charge is 2.16. The maximum Gasteiger partial charge on any atom is 0.269 e. The van der Waals surface area contributed by atoms with E-state index in [1.165, 1.54) is 11.3 Å². The van der Waals surface area contributed by atoms with Crippen molar-refractivity contribution in [1.29, 1.82) is 0 Å². The van der Waals surface area contributed by atoms with Crippen LogP contribution in [0.2, 0.25) is 5.02 Å². The van der Waals surface area contributed by atoms with Gasteiger partial charge in [0.15, 0.2) is 4.96 Å². The Balaban J connectivity index is 1.31. The van der Waals surface area contributed by atoms with Gasteiger partial charge < -0.3 is 9.72 Å². The average molecular weight is 422 g/mol. The number of nitrogens with zero attached hydrogens (tertiary/aromatic N) is 4. The van der Waals surface area contributed by atoms with Crippen LogP contribution in [-0.2, 0) is 6.42 Å². The summed E-state index contributed by atoms with van der Waals surface area (Å²) in [6, 6.07) is 13.4. The van der Waals surface area contributed by atoms with Crippen LogP contribution in [0.3, 0.4) is 0 Å². The van der Waals surface area contributed by atoms with Crippen molar-refractivity contribution in [2.75, 3.05) is 6.54 Å². The quantitative estimate of drug-likeness (QED) is 0.459. The molecule has 0 spiro atoms. The maximum atomic E-state index is 12.7. The number of benzene rings is 1. The van der Waals surface area contributed by atoms with Gasteiger partial charge in [0, 0.05) is 42.5 Å². The van der Waals surface area contributed by atoms with Crippen LogP contribution < -0.4 is 5.32 Å². The Morgan fingerprint density at radius 3 is 2.83 bits per heavy atom. The number of fused-ring (bicyclic) bond motifs is 2. The molecule has 4 aromatic heterocycles. The molecular formula is C21H16ClN5OS. The lowest BCUT2D eigenvalue weighted by atomic mass is 10.2. The summed E-state index contributed by atoms with van der Waals surface area (Å²) in [5.41, 5.74) is 4.00. The Kier molecular flexibility index (Phi) is 4.54. The molecule has 8 heteroatoms. The first-order valence-electron chi connectivity index (χ1n) is 9.11. The minimum Gasteiger partial charge on any atom is -0.350 e. The Hall–Kier alpha value is -3.16. The number of carbonyl (C=O) groups excluding carboxylic acids is 1. The van der Waals surface area contributed by atoms with Crippen molar-refractivity contribution in [1.82, 2.24) is 24.1 Å². The fourth-order valence-electron chi connectivity index (χ4n) is 3.25. The van der Waals surface area contributed by atoms with Gasteiger partial charge in [-0.2, -0.15) is 0 Å². The second-order valence-corrected chi connectivity index (χ2v) is 7.83. The van der Waals surface area contributed by atoms with E-state index in [2.05, 4.69) is 15.3 Å². The number of aromatic nitrogens is 4. The minimum absolute atomic E-state index is 0.136. The van der Waals surface area contributed by atoms with Gasteiger partial charge in [0.25, 0.3) is 5.91 Å². The third kappa shape index (κ3) is 3.39. The van der Waals surface area contributed by atoms with Crippen molar-refractivity contribution in [2.45, 2.75) is 6.42 Å². The lowest BCUT2D eigenvalue weighted by Crippen LogP contribution is -2.26. The van der Waals surface area contributed by atoms with Crippen molar-refractivity contribution >= 4 is 39.5 Å². The first-order valence-corrected chi connectivity index (χ1v) is 10.4. The number of halogens is 1. The van der Waals surface area contributed by atoms with Gasteiger partial charge in [-0.25, -0.2) is 9.97 Å². The van der Waals surface area contributed by atoms with Crippen molar-refractivity contribution in [3.63, 3.8) is 0 Å². The van der Waals surface area contributed by atoms with E-state index in [4.69, 9.17) is 11.6 Å². The first kappa shape index (κ1) is 17.9. The smallest absolute Gasteiger partial charge is 0.269 e. The summed E-state index contributed by atoms with van der Waals surface area (Å²) < 4.78 is 3.78. The molecule has 1 aromatic carbocycles. The standard InChI is InChI=1S/C21H16ClN5OS/c22-16-6-2-1-5-15(16)17-12-27-18(13-29-21(27)25-17)20(28)23-9-8-14-11-26-10-4-3-7-19(26)24-14/h1-7,10-13H,8-9H2,(H,23,28). The SMILES string of the molecule is O=C(NCCc1cn2ccccc2n1)c1csc2nc(-c3ccccc3Cl)cn12. The third-order valence-electron chi connectivity index (χ3n) is 4.67. The van der Waals surface area contributed by atoms with Crippen LogP contribution >= 0.6 is 22.9 Å². The molecule has 0 saturated carbocycles. The molecule has 29 heavy (non-hydrogen) atoms. The van der Waals surface area contributed by atoms with Crippen LogP contribution in [0.15, 0.2) is 66.4 Å². The lowest BCUT2D eigenvalue weighted by Gasteiger charge is -2.03. The van der Waals surface area contributed by atoms with E-state index < -0.39 is 0 Å². The number of hydrogen-bond donors (Lipinski definition) is 1. The lowest BCUT2D eigenvalue weighted by molar-refractivity contribution is 0.0948. The number of nitrogens with one attached hydrogen (secondary N) is 1. The fourth-order valence-corrected chi connectivity index (χ4v) is 4.33. The molecule has 0 atom stereocenters. The summed E-state index contributed by atoms with van der Waals surface area (Å²) in [6.45, 7) is 0.506. The van der Waals surface area contributed by atoms with Gasteiger partial charge in [-0.05, 0) is 18.2 Å². The van der Waals surface area contributed by atoms with E-state index in [1.807, 2.05) is 75.2 Å². The summed E-state index contributed by atoms with van der Waals surface area (Å²) in [7, 11) is 0. The van der Waals surface area contributed by atoms with Crippen LogP contribution in [-0.4, -0.2) is 31.2 Å². The number of rotatable bonds is 5. The normalized spacial score (nSPS) is 11.3. The molecule has 6 nitrogen and oxygen atoms in total. The molecule has 0 unspecified atom stereocenters. The number of imidazole rings is 2. The van der Waals surface area contributed by atoms with Gasteiger partial charge in [0.1, 0.15) is 11.3 Å². The van der Waals surface area contributed by atoms with E-state index in [0.29, 0.717) is 23.7 Å². The van der Waals surface area contributed by atoms with Crippen LogP contribution in [0.4, 0.5) is 0 Å². The van der Waals surface area contributed by atoms with Crippen molar-refractivity contribution in [3.05, 3.63) is 82.8 Å². The first-order chi connectivity index (χ1) is 14.2. The van der Waals surface area contributed by atoms with Gasteiger partial charge in [0.2, 0.25) is 0 Å². The van der Waals surface area contributed by atoms with Crippen molar-refractivity contribution in [3.8, 4) is 11.3 Å². The average Bonchev–Trinajstić information content (AvgIpc) is 3.41. The number of carbonyl (C=O) groups is 1. The summed E-state index contributed by atoms with van der Waals surface area (Å²) >= 11 is 7.71. The molecule has 1 amide bonds. The zero-order chi connectivity index (χ0) is 19.8. The predicted molar refractivity (Wildman–Crippen MR) is 115 cm³/mol. The molecule has 0 aliphatic carbocycles. The zero-order valence-corrected chi connectivity index (χ0v) is 16.8. The highest BCUT2D eigenvalue weighted by Crippen LogP contribution is 2.29. The van der Waals surface area contributed by atoms with Gasteiger partial charge in [-0.1, -0.05) is 35.9 Å². The highest BCUT2D eigenvalue weighted by molar-refractivity contribution is 7.15. The molecule has 0 radical (unpaired) electrons. The van der Waals surface area contributed by atoms with E-state index in [0.717, 1.165) is 27.6 Å². The summed E-state index contributed by atoms with van der Waals surface area (Å²) in [6.07, 6.45) is 6.46. The zero-order valence-electron chi connectivity index (χ0n) is 15.2. The predicted octanol–water partition coefficient (Wildman–Crippen LogP) is 4.34. The number of hydrogen-bond acceptors (Lipinski definition) is 4. The van der Waals surface area contributed by atoms with Crippen LogP contribution in [0.1, 0.15) is 16.2 Å². The third-order valence-corrected chi connectivity index (χ3v) is 5.84. The minimum atomic E-state index is -0.136. The van der Waals surface area contributed by atoms with Crippen LogP contribution in [0, 0.1) is 0 Å². The van der Waals surface area contributed by atoms with Gasteiger partial charge in [0.05, 0.1) is 16.4 Å². The summed E-state index contributed by atoms with van der Waals surface area (Å²) in [5, 5.41) is 5.43. The van der Waals surface area contributed by atoms with Crippen LogP contribution in [0.25, 0.3) is 21.9 Å². The second kappa shape index (κ2) is 7.35. The van der Waals surface area contributed by atoms with E-state index in [9.17, 15) is 4.79 Å². The number of thiazole rings is 1. The molecule has 0 aliphatic rings. The number of pyridine rings is 1. The van der Waals surface area contributed by atoms with Gasteiger partial charge >= 0.3 is 0 Å². The van der Waals surface area contributed by atoms with Crippen molar-refractivity contribution in [2.24, 2.45) is 0 Å². The molecule has 144 valence electrons. The Morgan fingerprint density at radius 1 is 1.10 bits per heavy atom.